The number of rotatable bonds is 4. The molecule has 0 aliphatic heterocycles. The van der Waals surface area contributed by atoms with Gasteiger partial charge in [-0.3, -0.25) is 14.9 Å². The van der Waals surface area contributed by atoms with Crippen molar-refractivity contribution in [1.29, 1.82) is 0 Å². The van der Waals surface area contributed by atoms with Gasteiger partial charge in [0.1, 0.15) is 0 Å². The van der Waals surface area contributed by atoms with E-state index in [-0.39, 0.29) is 17.6 Å². The van der Waals surface area contributed by atoms with Gasteiger partial charge >= 0.3 is 0 Å². The van der Waals surface area contributed by atoms with Gasteiger partial charge in [0, 0.05) is 38.0 Å². The van der Waals surface area contributed by atoms with Crippen LogP contribution in [0.5, 0.6) is 0 Å². The van der Waals surface area contributed by atoms with E-state index in [1.807, 2.05) is 0 Å². The summed E-state index contributed by atoms with van der Waals surface area (Å²) in [5.41, 5.74) is 0.919. The number of anilines is 1. The SMILES string of the molecule is CNc1ccc([N+](=O)[O-])cc1C(=O)N(C)C1CCCCC1. The number of carbonyl (C=O) groups excluding carboxylic acids is 1. The third-order valence-electron chi connectivity index (χ3n) is 4.16. The summed E-state index contributed by atoms with van der Waals surface area (Å²) in [5.74, 6) is -0.157. The van der Waals surface area contributed by atoms with Crippen LogP contribution in [-0.4, -0.2) is 35.9 Å². The Labute approximate surface area is 124 Å². The summed E-state index contributed by atoms with van der Waals surface area (Å²) in [5, 5.41) is 13.8. The number of nitrogens with zero attached hydrogens (tertiary/aromatic N) is 2. The maximum Gasteiger partial charge on any atom is 0.270 e. The molecule has 1 amide bonds. The molecule has 1 saturated carbocycles. The number of hydrogen-bond donors (Lipinski definition) is 1. The second-order valence-electron chi connectivity index (χ2n) is 5.44. The molecule has 1 aromatic rings. The van der Waals surface area contributed by atoms with Crippen LogP contribution in [0.2, 0.25) is 0 Å². The van der Waals surface area contributed by atoms with E-state index in [0.29, 0.717) is 11.3 Å². The van der Waals surface area contributed by atoms with Gasteiger partial charge in [-0.2, -0.15) is 0 Å². The van der Waals surface area contributed by atoms with Gasteiger partial charge in [0.05, 0.1) is 10.5 Å². The fourth-order valence-corrected chi connectivity index (χ4v) is 2.86. The van der Waals surface area contributed by atoms with Gasteiger partial charge in [-0.15, -0.1) is 0 Å². The topological polar surface area (TPSA) is 75.5 Å². The van der Waals surface area contributed by atoms with Crippen LogP contribution in [-0.2, 0) is 0 Å². The number of nitro benzene ring substituents is 1. The normalized spacial score (nSPS) is 15.5. The zero-order chi connectivity index (χ0) is 15.4. The smallest absolute Gasteiger partial charge is 0.270 e. The van der Waals surface area contributed by atoms with Gasteiger partial charge in [0.2, 0.25) is 0 Å². The zero-order valence-electron chi connectivity index (χ0n) is 12.5. The van der Waals surface area contributed by atoms with Crippen molar-refractivity contribution in [3.8, 4) is 0 Å². The molecule has 2 rings (SSSR count). The summed E-state index contributed by atoms with van der Waals surface area (Å²) in [7, 11) is 3.50. The predicted octanol–water partition coefficient (Wildman–Crippen LogP) is 3.04. The van der Waals surface area contributed by atoms with Crippen molar-refractivity contribution in [2.45, 2.75) is 38.1 Å². The second-order valence-corrected chi connectivity index (χ2v) is 5.44. The van der Waals surface area contributed by atoms with E-state index in [1.165, 1.54) is 18.6 Å². The lowest BCUT2D eigenvalue weighted by molar-refractivity contribution is -0.384. The summed E-state index contributed by atoms with van der Waals surface area (Å²) in [6.45, 7) is 0. The van der Waals surface area contributed by atoms with Crippen LogP contribution in [0.15, 0.2) is 18.2 Å². The lowest BCUT2D eigenvalue weighted by atomic mass is 9.94. The molecular weight excluding hydrogens is 270 g/mol. The molecule has 1 fully saturated rings. The van der Waals surface area contributed by atoms with Crippen LogP contribution >= 0.6 is 0 Å². The van der Waals surface area contributed by atoms with Crippen LogP contribution in [0.3, 0.4) is 0 Å². The Morgan fingerprint density at radius 2 is 2.00 bits per heavy atom. The van der Waals surface area contributed by atoms with Crippen LogP contribution in [0.4, 0.5) is 11.4 Å². The highest BCUT2D eigenvalue weighted by Crippen LogP contribution is 2.27. The highest BCUT2D eigenvalue weighted by molar-refractivity contribution is 6.00. The van der Waals surface area contributed by atoms with E-state index < -0.39 is 4.92 Å². The first-order valence-corrected chi connectivity index (χ1v) is 7.28. The van der Waals surface area contributed by atoms with Crippen molar-refractivity contribution in [1.82, 2.24) is 4.90 Å². The number of carbonyl (C=O) groups is 1. The van der Waals surface area contributed by atoms with E-state index in [2.05, 4.69) is 5.32 Å². The molecule has 0 unspecified atom stereocenters. The molecule has 0 spiro atoms. The van der Waals surface area contributed by atoms with Crippen molar-refractivity contribution >= 4 is 17.3 Å². The predicted molar refractivity (Wildman–Crippen MR) is 81.6 cm³/mol. The van der Waals surface area contributed by atoms with Crippen molar-refractivity contribution in [2.24, 2.45) is 0 Å². The fraction of sp³-hybridized carbons (Fsp3) is 0.533. The lowest BCUT2D eigenvalue weighted by Gasteiger charge is -2.31. The Morgan fingerprint density at radius 3 is 2.57 bits per heavy atom. The summed E-state index contributed by atoms with van der Waals surface area (Å²) in [6, 6.07) is 4.58. The van der Waals surface area contributed by atoms with E-state index in [1.54, 1.807) is 25.1 Å². The van der Waals surface area contributed by atoms with E-state index in [4.69, 9.17) is 0 Å². The summed E-state index contributed by atoms with van der Waals surface area (Å²) >= 11 is 0. The number of nitro groups is 1. The van der Waals surface area contributed by atoms with Crippen LogP contribution < -0.4 is 5.32 Å². The number of benzene rings is 1. The largest absolute Gasteiger partial charge is 0.387 e. The molecule has 0 bridgehead atoms. The molecule has 0 atom stereocenters. The highest BCUT2D eigenvalue weighted by Gasteiger charge is 2.25. The molecule has 114 valence electrons. The molecule has 0 heterocycles. The third-order valence-corrected chi connectivity index (χ3v) is 4.16. The lowest BCUT2D eigenvalue weighted by Crippen LogP contribution is -2.38. The van der Waals surface area contributed by atoms with Gasteiger partial charge in [-0.1, -0.05) is 19.3 Å². The Bertz CT molecular complexity index is 539. The minimum Gasteiger partial charge on any atom is -0.387 e. The molecule has 6 heteroatoms. The highest BCUT2D eigenvalue weighted by atomic mass is 16.6. The van der Waals surface area contributed by atoms with E-state index in [9.17, 15) is 14.9 Å². The first kappa shape index (κ1) is 15.3. The van der Waals surface area contributed by atoms with E-state index >= 15 is 0 Å². The average molecular weight is 291 g/mol. The number of non-ortho nitro benzene ring substituents is 1. The van der Waals surface area contributed by atoms with Gasteiger partial charge in [0.25, 0.3) is 11.6 Å². The molecule has 1 aliphatic rings. The molecule has 21 heavy (non-hydrogen) atoms. The number of nitrogens with one attached hydrogen (secondary N) is 1. The second kappa shape index (κ2) is 6.56. The van der Waals surface area contributed by atoms with Crippen molar-refractivity contribution in [3.63, 3.8) is 0 Å². The Balaban J connectivity index is 2.27. The van der Waals surface area contributed by atoms with Gasteiger partial charge in [-0.25, -0.2) is 0 Å². The van der Waals surface area contributed by atoms with Gasteiger partial charge in [-0.05, 0) is 18.9 Å². The maximum atomic E-state index is 12.7. The Morgan fingerprint density at radius 1 is 1.33 bits per heavy atom. The van der Waals surface area contributed by atoms with Crippen LogP contribution in [0, 0.1) is 10.1 Å². The van der Waals surface area contributed by atoms with Crippen molar-refractivity contribution in [2.75, 3.05) is 19.4 Å². The monoisotopic (exact) mass is 291 g/mol. The maximum absolute atomic E-state index is 12.7. The summed E-state index contributed by atoms with van der Waals surface area (Å²) in [4.78, 5) is 24.8. The third kappa shape index (κ3) is 3.32. The molecule has 1 N–H and O–H groups in total. The molecule has 1 aliphatic carbocycles. The first-order chi connectivity index (χ1) is 10.0. The summed E-state index contributed by atoms with van der Waals surface area (Å²) < 4.78 is 0. The summed E-state index contributed by atoms with van der Waals surface area (Å²) in [6.07, 6.45) is 5.50. The standard InChI is InChI=1S/C15H21N3O3/c1-16-14-9-8-12(18(20)21)10-13(14)15(19)17(2)11-6-4-3-5-7-11/h8-11,16H,3-7H2,1-2H3. The quantitative estimate of drug-likeness (QED) is 0.683. The van der Waals surface area contributed by atoms with Crippen LogP contribution in [0.25, 0.3) is 0 Å². The molecule has 6 nitrogen and oxygen atoms in total. The average Bonchev–Trinajstić information content (AvgIpc) is 2.53. The van der Waals surface area contributed by atoms with Crippen molar-refractivity contribution < 1.29 is 9.72 Å². The van der Waals surface area contributed by atoms with Gasteiger partial charge < -0.3 is 10.2 Å². The molecule has 0 radical (unpaired) electrons. The zero-order valence-corrected chi connectivity index (χ0v) is 12.5. The van der Waals surface area contributed by atoms with E-state index in [0.717, 1.165) is 25.7 Å². The fourth-order valence-electron chi connectivity index (χ4n) is 2.86. The minimum atomic E-state index is -0.475. The molecular formula is C15H21N3O3. The van der Waals surface area contributed by atoms with Gasteiger partial charge in [0.15, 0.2) is 0 Å². The molecule has 0 saturated heterocycles. The van der Waals surface area contributed by atoms with Crippen LogP contribution in [0.1, 0.15) is 42.5 Å². The Kier molecular flexibility index (Phi) is 4.77. The number of amides is 1. The first-order valence-electron chi connectivity index (χ1n) is 7.28. The van der Waals surface area contributed by atoms with Crippen molar-refractivity contribution in [3.05, 3.63) is 33.9 Å². The number of hydrogen-bond acceptors (Lipinski definition) is 4. The molecule has 1 aromatic carbocycles. The Hall–Kier alpha value is -2.11. The molecule has 0 aromatic heterocycles. The minimum absolute atomic E-state index is 0.0607.